The summed E-state index contributed by atoms with van der Waals surface area (Å²) < 4.78 is 8.62. The molecule has 1 fully saturated rings. The number of rotatable bonds is 2. The molecule has 0 aromatic carbocycles. The van der Waals surface area contributed by atoms with E-state index >= 15 is 0 Å². The molecule has 0 saturated carbocycles. The standard InChI is InChI=1S/C7H6O5/c1-2-5(8)11-4-3-6(9)12-7(4)10/h2,4H,1,3H2. The molecule has 0 bridgehead atoms. The molecule has 12 heavy (non-hydrogen) atoms. The summed E-state index contributed by atoms with van der Waals surface area (Å²) >= 11 is 0. The summed E-state index contributed by atoms with van der Waals surface area (Å²) in [6.07, 6.45) is -0.392. The van der Waals surface area contributed by atoms with Crippen LogP contribution in [0.25, 0.3) is 0 Å². The predicted molar refractivity (Wildman–Crippen MR) is 35.8 cm³/mol. The molecule has 0 amide bonds. The molecule has 0 aliphatic carbocycles. The molecule has 1 unspecified atom stereocenters. The zero-order chi connectivity index (χ0) is 9.14. The predicted octanol–water partition coefficient (Wildman–Crippen LogP) is -0.442. The van der Waals surface area contributed by atoms with Crippen molar-refractivity contribution < 1.29 is 23.9 Å². The lowest BCUT2D eigenvalue weighted by Crippen LogP contribution is -2.21. The van der Waals surface area contributed by atoms with E-state index in [1.54, 1.807) is 0 Å². The number of carbonyl (C=O) groups excluding carboxylic acids is 3. The van der Waals surface area contributed by atoms with Crippen LogP contribution in [0.1, 0.15) is 6.42 Å². The van der Waals surface area contributed by atoms with Crippen LogP contribution in [-0.4, -0.2) is 24.0 Å². The topological polar surface area (TPSA) is 69.7 Å². The lowest BCUT2D eigenvalue weighted by molar-refractivity contribution is -0.160. The lowest BCUT2D eigenvalue weighted by atomic mass is 10.3. The second-order valence-electron chi connectivity index (χ2n) is 2.13. The van der Waals surface area contributed by atoms with Crippen molar-refractivity contribution in [3.05, 3.63) is 12.7 Å². The molecule has 0 N–H and O–H groups in total. The van der Waals surface area contributed by atoms with Crippen molar-refractivity contribution in [2.24, 2.45) is 0 Å². The van der Waals surface area contributed by atoms with Crippen LogP contribution in [0.2, 0.25) is 0 Å². The monoisotopic (exact) mass is 170 g/mol. The first kappa shape index (κ1) is 8.45. The van der Waals surface area contributed by atoms with Gasteiger partial charge in [0.2, 0.25) is 6.10 Å². The number of esters is 3. The van der Waals surface area contributed by atoms with E-state index in [-0.39, 0.29) is 6.42 Å². The molecule has 1 aliphatic rings. The van der Waals surface area contributed by atoms with Crippen molar-refractivity contribution >= 4 is 17.9 Å². The van der Waals surface area contributed by atoms with E-state index in [0.29, 0.717) is 0 Å². The first-order chi connectivity index (χ1) is 5.63. The van der Waals surface area contributed by atoms with E-state index in [2.05, 4.69) is 16.1 Å². The summed E-state index contributed by atoms with van der Waals surface area (Å²) in [7, 11) is 0. The smallest absolute Gasteiger partial charge is 0.355 e. The van der Waals surface area contributed by atoms with Crippen LogP contribution < -0.4 is 0 Å². The first-order valence-electron chi connectivity index (χ1n) is 3.21. The fraction of sp³-hybridized carbons (Fsp3) is 0.286. The van der Waals surface area contributed by atoms with Crippen molar-refractivity contribution in [2.75, 3.05) is 0 Å². The van der Waals surface area contributed by atoms with Gasteiger partial charge >= 0.3 is 17.9 Å². The Morgan fingerprint density at radius 1 is 1.67 bits per heavy atom. The minimum absolute atomic E-state index is 0.210. The summed E-state index contributed by atoms with van der Waals surface area (Å²) in [4.78, 5) is 31.7. The molecule has 0 radical (unpaired) electrons. The highest BCUT2D eigenvalue weighted by Crippen LogP contribution is 2.11. The van der Waals surface area contributed by atoms with E-state index in [4.69, 9.17) is 0 Å². The SMILES string of the molecule is C=CC(=O)OC1CC(=O)OC1=O. The van der Waals surface area contributed by atoms with Crippen molar-refractivity contribution in [1.29, 1.82) is 0 Å². The lowest BCUT2D eigenvalue weighted by Gasteiger charge is -2.03. The first-order valence-corrected chi connectivity index (χ1v) is 3.21. The van der Waals surface area contributed by atoms with Crippen LogP contribution in [0.4, 0.5) is 0 Å². The zero-order valence-electron chi connectivity index (χ0n) is 6.11. The second kappa shape index (κ2) is 3.17. The third kappa shape index (κ3) is 1.69. The van der Waals surface area contributed by atoms with Gasteiger partial charge in [-0.3, -0.25) is 4.79 Å². The summed E-state index contributed by atoms with van der Waals surface area (Å²) in [5.74, 6) is -2.25. The molecule has 1 atom stereocenters. The normalized spacial score (nSPS) is 21.8. The average molecular weight is 170 g/mol. The van der Waals surface area contributed by atoms with Crippen molar-refractivity contribution in [1.82, 2.24) is 0 Å². The maximum atomic E-state index is 10.7. The molecule has 5 heteroatoms. The molecular formula is C7H6O5. The van der Waals surface area contributed by atoms with Crippen LogP contribution in [0.3, 0.4) is 0 Å². The molecular weight excluding hydrogens is 164 g/mol. The summed E-state index contributed by atoms with van der Waals surface area (Å²) in [5, 5.41) is 0. The highest BCUT2D eigenvalue weighted by molar-refractivity contribution is 5.97. The van der Waals surface area contributed by atoms with Gasteiger partial charge in [-0.1, -0.05) is 6.58 Å². The number of hydrogen-bond acceptors (Lipinski definition) is 5. The highest BCUT2D eigenvalue weighted by Gasteiger charge is 2.36. The molecule has 1 saturated heterocycles. The third-order valence-corrected chi connectivity index (χ3v) is 1.25. The third-order valence-electron chi connectivity index (χ3n) is 1.25. The van der Waals surface area contributed by atoms with Crippen LogP contribution in [0.5, 0.6) is 0 Å². The quantitative estimate of drug-likeness (QED) is 0.319. The van der Waals surface area contributed by atoms with Gasteiger partial charge in [0.25, 0.3) is 0 Å². The Hall–Kier alpha value is -1.65. The largest absolute Gasteiger partial charge is 0.447 e. The Balaban J connectivity index is 2.54. The van der Waals surface area contributed by atoms with Gasteiger partial charge in [-0.25, -0.2) is 9.59 Å². The Kier molecular flexibility index (Phi) is 2.23. The van der Waals surface area contributed by atoms with Gasteiger partial charge in [0, 0.05) is 6.08 Å². The fourth-order valence-corrected chi connectivity index (χ4v) is 0.732. The zero-order valence-corrected chi connectivity index (χ0v) is 6.11. The molecule has 5 nitrogen and oxygen atoms in total. The fourth-order valence-electron chi connectivity index (χ4n) is 0.732. The van der Waals surface area contributed by atoms with Gasteiger partial charge in [-0.2, -0.15) is 0 Å². The Bertz CT molecular complexity index is 255. The maximum absolute atomic E-state index is 10.7. The Morgan fingerprint density at radius 3 is 2.75 bits per heavy atom. The second-order valence-corrected chi connectivity index (χ2v) is 2.13. The highest BCUT2D eigenvalue weighted by atomic mass is 16.6. The number of carbonyl (C=O) groups is 3. The van der Waals surface area contributed by atoms with Crippen LogP contribution in [-0.2, 0) is 23.9 Å². The summed E-state index contributed by atoms with van der Waals surface area (Å²) in [5.41, 5.74) is 0. The van der Waals surface area contributed by atoms with E-state index < -0.39 is 24.0 Å². The van der Waals surface area contributed by atoms with Crippen LogP contribution in [0, 0.1) is 0 Å². The summed E-state index contributed by atoms with van der Waals surface area (Å²) in [6.45, 7) is 3.14. The van der Waals surface area contributed by atoms with Gasteiger partial charge in [0.15, 0.2) is 0 Å². The van der Waals surface area contributed by atoms with Gasteiger partial charge in [-0.05, 0) is 0 Å². The minimum Gasteiger partial charge on any atom is -0.447 e. The molecule has 0 aromatic heterocycles. The Labute approximate surface area is 67.9 Å². The van der Waals surface area contributed by atoms with Crippen LogP contribution in [0.15, 0.2) is 12.7 Å². The average Bonchev–Trinajstić information content (AvgIpc) is 2.30. The maximum Gasteiger partial charge on any atom is 0.355 e. The van der Waals surface area contributed by atoms with Crippen molar-refractivity contribution in [3.63, 3.8) is 0 Å². The number of ether oxygens (including phenoxy) is 2. The molecule has 1 rings (SSSR count). The van der Waals surface area contributed by atoms with Gasteiger partial charge in [0.1, 0.15) is 0 Å². The van der Waals surface area contributed by atoms with Crippen LogP contribution >= 0.6 is 0 Å². The molecule has 64 valence electrons. The molecule has 1 heterocycles. The molecule has 1 aliphatic heterocycles. The van der Waals surface area contributed by atoms with E-state index in [0.717, 1.165) is 6.08 Å². The molecule has 0 aromatic rings. The summed E-state index contributed by atoms with van der Waals surface area (Å²) in [6, 6.07) is 0. The van der Waals surface area contributed by atoms with E-state index in [1.165, 1.54) is 0 Å². The Morgan fingerprint density at radius 2 is 2.33 bits per heavy atom. The van der Waals surface area contributed by atoms with E-state index in [1.807, 2.05) is 0 Å². The van der Waals surface area contributed by atoms with Crippen molar-refractivity contribution in [2.45, 2.75) is 12.5 Å². The molecule has 0 spiro atoms. The number of cyclic esters (lactones) is 2. The van der Waals surface area contributed by atoms with Gasteiger partial charge in [-0.15, -0.1) is 0 Å². The minimum atomic E-state index is -1.09. The number of hydrogen-bond donors (Lipinski definition) is 0. The van der Waals surface area contributed by atoms with Crippen molar-refractivity contribution in [3.8, 4) is 0 Å². The van der Waals surface area contributed by atoms with E-state index in [9.17, 15) is 14.4 Å². The van der Waals surface area contributed by atoms with Gasteiger partial charge < -0.3 is 9.47 Å². The van der Waals surface area contributed by atoms with Gasteiger partial charge in [0.05, 0.1) is 6.42 Å².